The Morgan fingerprint density at radius 2 is 1.78 bits per heavy atom. The number of alkyl halides is 3. The molecule has 27 heavy (non-hydrogen) atoms. The van der Waals surface area contributed by atoms with E-state index in [4.69, 9.17) is 11.6 Å². The van der Waals surface area contributed by atoms with Gasteiger partial charge in [0.15, 0.2) is 9.84 Å². The fourth-order valence-corrected chi connectivity index (χ4v) is 3.46. The maximum absolute atomic E-state index is 14.2. The molecule has 0 aliphatic carbocycles. The highest BCUT2D eigenvalue weighted by Gasteiger charge is 2.41. The molecule has 0 radical (unpaired) electrons. The Labute approximate surface area is 156 Å². The smallest absolute Gasteiger partial charge is 0.350 e. The lowest BCUT2D eigenvalue weighted by molar-refractivity contribution is -0.154. The highest BCUT2D eigenvalue weighted by Crippen LogP contribution is 2.43. The highest BCUT2D eigenvalue weighted by atomic mass is 35.5. The summed E-state index contributed by atoms with van der Waals surface area (Å²) in [7, 11) is -3.88. The van der Waals surface area contributed by atoms with Gasteiger partial charge in [-0.1, -0.05) is 35.0 Å². The number of aromatic nitrogens is 1. The zero-order chi connectivity index (χ0) is 20.0. The summed E-state index contributed by atoms with van der Waals surface area (Å²) in [6.45, 7) is 0. The topological polar surface area (TPSA) is 60.2 Å². The molecule has 0 atom stereocenters. The van der Waals surface area contributed by atoms with E-state index in [1.54, 1.807) is 0 Å². The molecule has 0 saturated carbocycles. The molecule has 10 heteroatoms. The molecule has 0 amide bonds. The Balaban J connectivity index is 2.28. The number of nitrogens with zero attached hydrogens (tertiary/aromatic N) is 1. The van der Waals surface area contributed by atoms with Crippen LogP contribution in [0.1, 0.15) is 5.76 Å². The van der Waals surface area contributed by atoms with E-state index in [0.717, 1.165) is 18.4 Å². The van der Waals surface area contributed by atoms with Gasteiger partial charge in [-0.15, -0.1) is 0 Å². The second-order valence-electron chi connectivity index (χ2n) is 5.66. The minimum atomic E-state index is -4.90. The molecule has 0 spiro atoms. The van der Waals surface area contributed by atoms with Gasteiger partial charge in [0.05, 0.1) is 5.56 Å². The van der Waals surface area contributed by atoms with Crippen LogP contribution in [0, 0.1) is 5.82 Å². The van der Waals surface area contributed by atoms with Gasteiger partial charge in [0.1, 0.15) is 16.4 Å². The van der Waals surface area contributed by atoms with E-state index >= 15 is 0 Å². The van der Waals surface area contributed by atoms with Crippen LogP contribution in [0.15, 0.2) is 51.9 Å². The monoisotopic (exact) mass is 419 g/mol. The molecule has 0 N–H and O–H groups in total. The van der Waals surface area contributed by atoms with Crippen molar-refractivity contribution < 1.29 is 30.5 Å². The lowest BCUT2D eigenvalue weighted by Crippen LogP contribution is -2.06. The van der Waals surface area contributed by atoms with Gasteiger partial charge in [0.2, 0.25) is 5.76 Å². The predicted octanol–water partition coefficient (Wildman–Crippen LogP) is 5.22. The second kappa shape index (κ2) is 6.65. The molecular weight excluding hydrogens is 410 g/mol. The van der Waals surface area contributed by atoms with Crippen LogP contribution in [0.2, 0.25) is 5.02 Å². The van der Waals surface area contributed by atoms with Crippen LogP contribution >= 0.6 is 11.6 Å². The molecule has 0 aliphatic heterocycles. The second-order valence-corrected chi connectivity index (χ2v) is 8.08. The van der Waals surface area contributed by atoms with Crippen LogP contribution in [0.3, 0.4) is 0 Å². The van der Waals surface area contributed by atoms with Gasteiger partial charge in [0, 0.05) is 16.8 Å². The van der Waals surface area contributed by atoms with E-state index in [1.165, 1.54) is 24.3 Å². The lowest BCUT2D eigenvalue weighted by Gasteiger charge is -2.09. The summed E-state index contributed by atoms with van der Waals surface area (Å²) in [5, 5.41) is 3.73. The first-order valence-electron chi connectivity index (χ1n) is 7.31. The summed E-state index contributed by atoms with van der Waals surface area (Å²) >= 11 is 5.88. The molecule has 1 heterocycles. The van der Waals surface area contributed by atoms with E-state index < -0.39 is 38.0 Å². The van der Waals surface area contributed by atoms with Crippen molar-refractivity contribution in [2.75, 3.05) is 6.26 Å². The molecule has 1 aromatic heterocycles. The first-order chi connectivity index (χ1) is 12.5. The van der Waals surface area contributed by atoms with E-state index in [2.05, 4.69) is 9.68 Å². The molecule has 3 aromatic rings. The molecule has 2 aromatic carbocycles. The number of halogens is 5. The maximum Gasteiger partial charge on any atom is 0.453 e. The summed E-state index contributed by atoms with van der Waals surface area (Å²) in [6, 6.07) is 8.54. The third kappa shape index (κ3) is 3.84. The number of hydrogen-bond donors (Lipinski definition) is 0. The van der Waals surface area contributed by atoms with Gasteiger partial charge in [0.25, 0.3) is 0 Å². The van der Waals surface area contributed by atoms with Gasteiger partial charge in [-0.3, -0.25) is 0 Å². The minimum Gasteiger partial charge on any atom is -0.350 e. The summed E-state index contributed by atoms with van der Waals surface area (Å²) in [6.07, 6.45) is -4.10. The zero-order valence-electron chi connectivity index (χ0n) is 13.5. The molecule has 0 unspecified atom stereocenters. The number of hydrogen-bond acceptors (Lipinski definition) is 4. The van der Waals surface area contributed by atoms with E-state index in [-0.39, 0.29) is 21.8 Å². The van der Waals surface area contributed by atoms with Crippen LogP contribution in [0.25, 0.3) is 22.4 Å². The van der Waals surface area contributed by atoms with Gasteiger partial charge in [-0.05, 0) is 29.8 Å². The van der Waals surface area contributed by atoms with Crippen LogP contribution in [-0.4, -0.2) is 19.8 Å². The van der Waals surface area contributed by atoms with Gasteiger partial charge >= 0.3 is 6.18 Å². The molecule has 4 nitrogen and oxygen atoms in total. The number of sulfone groups is 1. The first-order valence-corrected chi connectivity index (χ1v) is 9.58. The molecule has 0 aliphatic rings. The fraction of sp³-hybridized carbons (Fsp3) is 0.118. The first kappa shape index (κ1) is 19.4. The molecule has 0 fully saturated rings. The van der Waals surface area contributed by atoms with Crippen molar-refractivity contribution in [3.05, 3.63) is 59.1 Å². The van der Waals surface area contributed by atoms with Crippen LogP contribution < -0.4 is 0 Å². The van der Waals surface area contributed by atoms with Crippen molar-refractivity contribution in [3.8, 4) is 22.4 Å². The Bertz CT molecular complexity index is 1120. The molecule has 0 bridgehead atoms. The lowest BCUT2D eigenvalue weighted by atomic mass is 9.99. The fourth-order valence-electron chi connectivity index (χ4n) is 2.54. The third-order valence-corrected chi connectivity index (χ3v) is 5.03. The average Bonchev–Trinajstić information content (AvgIpc) is 2.98. The summed E-state index contributed by atoms with van der Waals surface area (Å²) in [4.78, 5) is -0.624. The van der Waals surface area contributed by atoms with Crippen LogP contribution in [-0.2, 0) is 16.0 Å². The van der Waals surface area contributed by atoms with Crippen molar-refractivity contribution in [3.63, 3.8) is 0 Å². The van der Waals surface area contributed by atoms with Crippen molar-refractivity contribution in [1.29, 1.82) is 0 Å². The quantitative estimate of drug-likeness (QED) is 0.546. The Hall–Kier alpha value is -2.39. The van der Waals surface area contributed by atoms with E-state index in [9.17, 15) is 26.0 Å². The van der Waals surface area contributed by atoms with Crippen LogP contribution in [0.4, 0.5) is 17.6 Å². The van der Waals surface area contributed by atoms with Gasteiger partial charge < -0.3 is 4.52 Å². The summed E-state index contributed by atoms with van der Waals surface area (Å²) in [5.74, 6) is -2.61. The largest absolute Gasteiger partial charge is 0.453 e. The number of rotatable bonds is 3. The zero-order valence-corrected chi connectivity index (χ0v) is 15.1. The van der Waals surface area contributed by atoms with Crippen LogP contribution in [0.5, 0.6) is 0 Å². The predicted molar refractivity (Wildman–Crippen MR) is 90.5 cm³/mol. The van der Waals surface area contributed by atoms with Crippen molar-refractivity contribution in [2.24, 2.45) is 0 Å². The van der Waals surface area contributed by atoms with E-state index in [1.807, 2.05) is 0 Å². The third-order valence-electron chi connectivity index (χ3n) is 3.67. The highest BCUT2D eigenvalue weighted by molar-refractivity contribution is 7.90. The Morgan fingerprint density at radius 1 is 1.07 bits per heavy atom. The van der Waals surface area contributed by atoms with Crippen molar-refractivity contribution in [2.45, 2.75) is 11.1 Å². The SMILES string of the molecule is CS(=O)(=O)c1ccc(-c2c(-c3cccc(Cl)c3)noc2C(F)(F)F)cc1F. The summed E-state index contributed by atoms with van der Waals surface area (Å²) < 4.78 is 81.9. The van der Waals surface area contributed by atoms with Crippen molar-refractivity contribution in [1.82, 2.24) is 5.16 Å². The average molecular weight is 420 g/mol. The number of benzene rings is 2. The molecule has 3 rings (SSSR count). The minimum absolute atomic E-state index is 0.198. The van der Waals surface area contributed by atoms with Gasteiger partial charge in [-0.25, -0.2) is 12.8 Å². The van der Waals surface area contributed by atoms with Crippen molar-refractivity contribution >= 4 is 21.4 Å². The Kier molecular flexibility index (Phi) is 4.77. The summed E-state index contributed by atoms with van der Waals surface area (Å²) in [5.41, 5.74) is -0.715. The molecule has 142 valence electrons. The van der Waals surface area contributed by atoms with Gasteiger partial charge in [-0.2, -0.15) is 13.2 Å². The Morgan fingerprint density at radius 3 is 2.33 bits per heavy atom. The molecule has 0 saturated heterocycles. The normalized spacial score (nSPS) is 12.4. The molecular formula is C17H10ClF4NO3S. The standard InChI is InChI=1S/C17H10ClF4NO3S/c1-27(24,25)13-6-5-9(8-12(13)19)14-15(10-3-2-4-11(18)7-10)23-26-16(14)17(20,21)22/h2-8H,1H3. The van der Waals surface area contributed by atoms with E-state index in [0.29, 0.717) is 6.07 Å². The maximum atomic E-state index is 14.2.